The fourth-order valence-corrected chi connectivity index (χ4v) is 2.61. The van der Waals surface area contributed by atoms with Crippen molar-refractivity contribution in [2.24, 2.45) is 0 Å². The summed E-state index contributed by atoms with van der Waals surface area (Å²) in [4.78, 5) is 41.1. The van der Waals surface area contributed by atoms with E-state index in [1.165, 1.54) is 16.8 Å². The van der Waals surface area contributed by atoms with Crippen molar-refractivity contribution in [2.75, 3.05) is 0 Å². The van der Waals surface area contributed by atoms with Gasteiger partial charge in [-0.05, 0) is 36.5 Å². The molecule has 0 saturated heterocycles. The van der Waals surface area contributed by atoms with Crippen molar-refractivity contribution in [3.8, 4) is 0 Å². The Morgan fingerprint density at radius 2 is 1.83 bits per heavy atom. The van der Waals surface area contributed by atoms with E-state index in [1.807, 2.05) is 0 Å². The largest absolute Gasteiger partial charge is 0.354 e. The van der Waals surface area contributed by atoms with E-state index in [2.05, 4.69) is 5.10 Å². The average molecular weight is 311 g/mol. The monoisotopic (exact) mass is 311 g/mol. The van der Waals surface area contributed by atoms with Gasteiger partial charge in [0.15, 0.2) is 0 Å². The van der Waals surface area contributed by atoms with E-state index in [0.29, 0.717) is 11.0 Å². The fraction of sp³-hybridized carbons (Fsp3) is 0.250. The quantitative estimate of drug-likeness (QED) is 0.800. The minimum atomic E-state index is -0.718. The molecule has 1 saturated carbocycles. The van der Waals surface area contributed by atoms with Crippen molar-refractivity contribution in [1.29, 1.82) is 0 Å². The molecule has 2 amide bonds. The van der Waals surface area contributed by atoms with E-state index >= 15 is 0 Å². The summed E-state index contributed by atoms with van der Waals surface area (Å²) in [5, 5.41) is 4.61. The van der Waals surface area contributed by atoms with Gasteiger partial charge in [-0.1, -0.05) is 17.2 Å². The van der Waals surface area contributed by atoms with E-state index in [9.17, 15) is 14.4 Å². The predicted molar refractivity (Wildman–Crippen MR) is 77.2 cm³/mol. The number of hydrogen-bond acceptors (Lipinski definition) is 5. The van der Waals surface area contributed by atoms with Crippen LogP contribution in [0.2, 0.25) is 0 Å². The summed E-state index contributed by atoms with van der Waals surface area (Å²) in [6, 6.07) is 6.36. The molecule has 0 N–H and O–H groups in total. The van der Waals surface area contributed by atoms with Crippen LogP contribution in [-0.2, 0) is 16.2 Å². The Morgan fingerprint density at radius 3 is 2.43 bits per heavy atom. The molecule has 4 rings (SSSR count). The van der Waals surface area contributed by atoms with Crippen LogP contribution in [0.15, 0.2) is 36.7 Å². The number of amides is 2. The highest BCUT2D eigenvalue weighted by atomic mass is 16.7. The molecule has 1 aromatic heterocycles. The first-order valence-corrected chi connectivity index (χ1v) is 7.34. The Morgan fingerprint density at radius 1 is 1.17 bits per heavy atom. The van der Waals surface area contributed by atoms with Crippen molar-refractivity contribution < 1.29 is 19.2 Å². The molecule has 1 aromatic carbocycles. The van der Waals surface area contributed by atoms with Crippen LogP contribution < -0.4 is 0 Å². The molecule has 0 bridgehead atoms. The summed E-state index contributed by atoms with van der Waals surface area (Å²) in [7, 11) is 0. The second-order valence-electron chi connectivity index (χ2n) is 5.66. The summed E-state index contributed by atoms with van der Waals surface area (Å²) in [5.41, 5.74) is 1.57. The van der Waals surface area contributed by atoms with Crippen molar-refractivity contribution in [3.63, 3.8) is 0 Å². The zero-order chi connectivity index (χ0) is 16.0. The highest BCUT2D eigenvalue weighted by molar-refractivity contribution is 6.20. The molecular formula is C16H13N3O4. The van der Waals surface area contributed by atoms with Crippen molar-refractivity contribution >= 4 is 17.8 Å². The third-order valence-corrected chi connectivity index (χ3v) is 3.94. The van der Waals surface area contributed by atoms with Crippen molar-refractivity contribution in [1.82, 2.24) is 14.8 Å². The maximum absolute atomic E-state index is 12.1. The molecule has 0 spiro atoms. The fourth-order valence-electron chi connectivity index (χ4n) is 2.61. The number of rotatable bonds is 4. The highest BCUT2D eigenvalue weighted by Gasteiger charge is 2.38. The topological polar surface area (TPSA) is 81.5 Å². The number of carbonyl (C=O) groups is 3. The van der Waals surface area contributed by atoms with Crippen LogP contribution in [0, 0.1) is 0 Å². The lowest BCUT2D eigenvalue weighted by Crippen LogP contribution is -2.34. The standard InChI is InChI=1S/C16H13N3O4/c20-14(9-18-8-11(7-17-18)10-5-6-10)23-19-15(21)12-3-1-2-4-13(12)16(19)22/h1-4,7-8,10H,5-6,9H2. The lowest BCUT2D eigenvalue weighted by Gasteiger charge is -2.12. The molecular weight excluding hydrogens is 298 g/mol. The zero-order valence-electron chi connectivity index (χ0n) is 12.1. The molecule has 23 heavy (non-hydrogen) atoms. The van der Waals surface area contributed by atoms with Gasteiger partial charge in [0.05, 0.1) is 17.3 Å². The first-order valence-electron chi connectivity index (χ1n) is 7.34. The molecule has 0 unspecified atom stereocenters. The maximum Gasteiger partial charge on any atom is 0.354 e. The summed E-state index contributed by atoms with van der Waals surface area (Å²) >= 11 is 0. The van der Waals surface area contributed by atoms with Crippen molar-refractivity contribution in [2.45, 2.75) is 25.3 Å². The molecule has 7 heteroatoms. The van der Waals surface area contributed by atoms with Crippen LogP contribution in [0.3, 0.4) is 0 Å². The van der Waals surface area contributed by atoms with Gasteiger partial charge >= 0.3 is 5.97 Å². The third kappa shape index (κ3) is 2.40. The summed E-state index contributed by atoms with van der Waals surface area (Å²) in [5.74, 6) is -1.43. The summed E-state index contributed by atoms with van der Waals surface area (Å²) < 4.78 is 1.45. The van der Waals surface area contributed by atoms with Gasteiger partial charge in [-0.15, -0.1) is 0 Å². The number of nitrogens with zero attached hydrogens (tertiary/aromatic N) is 3. The molecule has 1 aliphatic heterocycles. The predicted octanol–water partition coefficient (Wildman–Crippen LogP) is 1.51. The van der Waals surface area contributed by atoms with Gasteiger partial charge in [-0.2, -0.15) is 5.10 Å². The molecule has 2 aliphatic rings. The lowest BCUT2D eigenvalue weighted by atomic mass is 10.1. The second kappa shape index (κ2) is 5.05. The smallest absolute Gasteiger partial charge is 0.328 e. The molecule has 1 aliphatic carbocycles. The van der Waals surface area contributed by atoms with E-state index in [1.54, 1.807) is 24.5 Å². The minimum absolute atomic E-state index is 0.153. The van der Waals surface area contributed by atoms with Gasteiger partial charge in [-0.3, -0.25) is 14.3 Å². The number of aromatic nitrogens is 2. The van der Waals surface area contributed by atoms with Crippen LogP contribution in [0.25, 0.3) is 0 Å². The SMILES string of the molecule is O=C(Cn1cc(C2CC2)cn1)ON1C(=O)c2ccccc2C1=O. The molecule has 2 heterocycles. The Labute approximate surface area is 131 Å². The average Bonchev–Trinajstić information content (AvgIpc) is 3.26. The minimum Gasteiger partial charge on any atom is -0.328 e. The van der Waals surface area contributed by atoms with E-state index in [4.69, 9.17) is 4.84 Å². The Bertz CT molecular complexity index is 787. The zero-order valence-corrected chi connectivity index (χ0v) is 12.1. The number of imide groups is 1. The maximum atomic E-state index is 12.1. The number of fused-ring (bicyclic) bond motifs is 1. The second-order valence-corrected chi connectivity index (χ2v) is 5.66. The molecule has 116 valence electrons. The number of hydroxylamine groups is 2. The summed E-state index contributed by atoms with van der Waals surface area (Å²) in [6.07, 6.45) is 5.81. The van der Waals surface area contributed by atoms with E-state index in [-0.39, 0.29) is 17.7 Å². The van der Waals surface area contributed by atoms with Crippen LogP contribution in [0.5, 0.6) is 0 Å². The van der Waals surface area contributed by atoms with Gasteiger partial charge in [0.1, 0.15) is 6.54 Å². The van der Waals surface area contributed by atoms with Gasteiger partial charge in [0.25, 0.3) is 11.8 Å². The Hall–Kier alpha value is -2.96. The highest BCUT2D eigenvalue weighted by Crippen LogP contribution is 2.39. The molecule has 2 aromatic rings. The van der Waals surface area contributed by atoms with Gasteiger partial charge in [0.2, 0.25) is 0 Å². The Kier molecular flexibility index (Phi) is 3.00. The van der Waals surface area contributed by atoms with Crippen LogP contribution in [0.1, 0.15) is 45.0 Å². The van der Waals surface area contributed by atoms with Gasteiger partial charge in [-0.25, -0.2) is 4.79 Å². The molecule has 1 fully saturated rings. The third-order valence-electron chi connectivity index (χ3n) is 3.94. The van der Waals surface area contributed by atoms with Crippen LogP contribution in [-0.4, -0.2) is 32.6 Å². The number of benzene rings is 1. The molecule has 7 nitrogen and oxygen atoms in total. The van der Waals surface area contributed by atoms with Gasteiger partial charge in [0, 0.05) is 6.20 Å². The first-order chi connectivity index (χ1) is 11.1. The molecule has 0 radical (unpaired) electrons. The van der Waals surface area contributed by atoms with Crippen molar-refractivity contribution in [3.05, 3.63) is 53.3 Å². The summed E-state index contributed by atoms with van der Waals surface area (Å²) in [6.45, 7) is -0.153. The molecule has 0 atom stereocenters. The van der Waals surface area contributed by atoms with E-state index < -0.39 is 17.8 Å². The van der Waals surface area contributed by atoms with E-state index in [0.717, 1.165) is 18.4 Å². The normalized spacial score (nSPS) is 16.6. The van der Waals surface area contributed by atoms with Gasteiger partial charge < -0.3 is 4.84 Å². The number of carbonyl (C=O) groups excluding carboxylic acids is 3. The first kappa shape index (κ1) is 13.7. The van der Waals surface area contributed by atoms with Crippen LogP contribution in [0.4, 0.5) is 0 Å². The number of hydrogen-bond donors (Lipinski definition) is 0. The Balaban J connectivity index is 1.44. The van der Waals surface area contributed by atoms with Crippen LogP contribution >= 0.6 is 0 Å². The lowest BCUT2D eigenvalue weighted by molar-refractivity contribution is -0.169.